The van der Waals surface area contributed by atoms with E-state index in [1.165, 1.54) is 0 Å². The molecular formula is C16H22N2O3. The lowest BCUT2D eigenvalue weighted by atomic mass is 10.0. The molecule has 2 N–H and O–H groups in total. The molecule has 0 heterocycles. The number of carbonyl (C=O) groups is 2. The molecule has 0 aliphatic heterocycles. The van der Waals surface area contributed by atoms with Crippen LogP contribution < -0.4 is 10.6 Å². The van der Waals surface area contributed by atoms with Gasteiger partial charge in [0.1, 0.15) is 12.6 Å². The number of amides is 2. The molecule has 0 bridgehead atoms. The minimum atomic E-state index is -0.631. The van der Waals surface area contributed by atoms with Gasteiger partial charge in [-0.2, -0.15) is 0 Å². The first-order valence-electron chi connectivity index (χ1n) is 6.90. The number of carbonyl (C=O) groups excluding carboxylic acids is 2. The number of alkyl carbamates (subject to hydrolysis) is 1. The zero-order valence-corrected chi connectivity index (χ0v) is 12.5. The van der Waals surface area contributed by atoms with E-state index in [0.717, 1.165) is 5.56 Å². The molecule has 0 saturated heterocycles. The fraction of sp³-hybridized carbons (Fsp3) is 0.375. The van der Waals surface area contributed by atoms with Gasteiger partial charge in [-0.1, -0.05) is 50.3 Å². The molecule has 5 heteroatoms. The van der Waals surface area contributed by atoms with E-state index in [1.807, 2.05) is 44.2 Å². The Labute approximate surface area is 125 Å². The highest BCUT2D eigenvalue weighted by Gasteiger charge is 2.24. The Morgan fingerprint density at radius 1 is 1.29 bits per heavy atom. The Bertz CT molecular complexity index is 472. The SMILES string of the molecule is C=CCNC(=O)C(NC(=O)OCc1ccccc1)C(C)C. The van der Waals surface area contributed by atoms with E-state index in [0.29, 0.717) is 6.54 Å². The molecule has 114 valence electrons. The third-order valence-electron chi connectivity index (χ3n) is 2.86. The van der Waals surface area contributed by atoms with Crippen molar-refractivity contribution in [3.8, 4) is 0 Å². The van der Waals surface area contributed by atoms with Gasteiger partial charge in [0.05, 0.1) is 0 Å². The molecule has 0 aliphatic rings. The average Bonchev–Trinajstić information content (AvgIpc) is 2.49. The summed E-state index contributed by atoms with van der Waals surface area (Å²) >= 11 is 0. The molecule has 2 amide bonds. The van der Waals surface area contributed by atoms with Crippen molar-refractivity contribution in [3.63, 3.8) is 0 Å². The number of benzene rings is 1. The normalized spacial score (nSPS) is 11.6. The summed E-state index contributed by atoms with van der Waals surface area (Å²) in [6.07, 6.45) is 0.981. The van der Waals surface area contributed by atoms with Gasteiger partial charge in [0, 0.05) is 6.54 Å². The zero-order chi connectivity index (χ0) is 15.7. The minimum absolute atomic E-state index is 0.0425. The van der Waals surface area contributed by atoms with Crippen molar-refractivity contribution >= 4 is 12.0 Å². The van der Waals surface area contributed by atoms with Crippen molar-refractivity contribution in [2.75, 3.05) is 6.54 Å². The van der Waals surface area contributed by atoms with E-state index in [1.54, 1.807) is 6.08 Å². The molecule has 1 aromatic carbocycles. The standard InChI is InChI=1S/C16H22N2O3/c1-4-10-17-15(19)14(12(2)3)18-16(20)21-11-13-8-6-5-7-9-13/h4-9,12,14H,1,10-11H2,2-3H3,(H,17,19)(H,18,20). The van der Waals surface area contributed by atoms with Crippen molar-refractivity contribution in [1.82, 2.24) is 10.6 Å². The van der Waals surface area contributed by atoms with Gasteiger partial charge >= 0.3 is 6.09 Å². The van der Waals surface area contributed by atoms with Crippen LogP contribution in [0.3, 0.4) is 0 Å². The number of nitrogens with one attached hydrogen (secondary N) is 2. The smallest absolute Gasteiger partial charge is 0.408 e. The molecule has 1 unspecified atom stereocenters. The minimum Gasteiger partial charge on any atom is -0.445 e. The lowest BCUT2D eigenvalue weighted by Crippen LogP contribution is -2.49. The summed E-state index contributed by atoms with van der Waals surface area (Å²) in [5.74, 6) is -0.291. The molecule has 1 atom stereocenters. The van der Waals surface area contributed by atoms with Gasteiger partial charge in [-0.25, -0.2) is 4.79 Å². The van der Waals surface area contributed by atoms with Crippen molar-refractivity contribution in [3.05, 3.63) is 48.6 Å². The number of rotatable bonds is 7. The Morgan fingerprint density at radius 2 is 1.95 bits per heavy atom. The summed E-state index contributed by atoms with van der Waals surface area (Å²) in [7, 11) is 0. The van der Waals surface area contributed by atoms with Crippen molar-refractivity contribution in [2.24, 2.45) is 5.92 Å². The lowest BCUT2D eigenvalue weighted by molar-refractivity contribution is -0.123. The molecule has 0 saturated carbocycles. The third-order valence-corrected chi connectivity index (χ3v) is 2.86. The van der Waals surface area contributed by atoms with Gasteiger partial charge in [-0.05, 0) is 11.5 Å². The summed E-state index contributed by atoms with van der Waals surface area (Å²) in [5.41, 5.74) is 0.893. The maximum atomic E-state index is 11.9. The Balaban J connectivity index is 2.48. The summed E-state index contributed by atoms with van der Waals surface area (Å²) < 4.78 is 5.11. The second-order valence-electron chi connectivity index (χ2n) is 4.96. The maximum absolute atomic E-state index is 11.9. The molecule has 0 aliphatic carbocycles. The third kappa shape index (κ3) is 6.12. The van der Waals surface area contributed by atoms with Crippen LogP contribution in [0.4, 0.5) is 4.79 Å². The molecule has 0 radical (unpaired) electrons. The van der Waals surface area contributed by atoms with Crippen LogP contribution in [-0.4, -0.2) is 24.6 Å². The van der Waals surface area contributed by atoms with Crippen molar-refractivity contribution in [2.45, 2.75) is 26.5 Å². The highest BCUT2D eigenvalue weighted by atomic mass is 16.5. The highest BCUT2D eigenvalue weighted by Crippen LogP contribution is 2.04. The van der Waals surface area contributed by atoms with Gasteiger partial charge in [0.15, 0.2) is 0 Å². The molecule has 0 fully saturated rings. The van der Waals surface area contributed by atoms with E-state index in [-0.39, 0.29) is 18.4 Å². The number of ether oxygens (including phenoxy) is 1. The second kappa shape index (κ2) is 8.79. The van der Waals surface area contributed by atoms with E-state index in [2.05, 4.69) is 17.2 Å². The second-order valence-corrected chi connectivity index (χ2v) is 4.96. The molecule has 21 heavy (non-hydrogen) atoms. The summed E-state index contributed by atoms with van der Waals surface area (Å²) in [6, 6.07) is 8.73. The quantitative estimate of drug-likeness (QED) is 0.757. The average molecular weight is 290 g/mol. The van der Waals surface area contributed by atoms with Crippen LogP contribution in [0.15, 0.2) is 43.0 Å². The van der Waals surface area contributed by atoms with Crippen LogP contribution in [-0.2, 0) is 16.1 Å². The first-order chi connectivity index (χ1) is 10.0. The van der Waals surface area contributed by atoms with Crippen LogP contribution >= 0.6 is 0 Å². The maximum Gasteiger partial charge on any atom is 0.408 e. The molecule has 1 aromatic rings. The molecule has 0 spiro atoms. The largest absolute Gasteiger partial charge is 0.445 e. The fourth-order valence-corrected chi connectivity index (χ4v) is 1.71. The number of hydrogen-bond acceptors (Lipinski definition) is 3. The van der Waals surface area contributed by atoms with Crippen LogP contribution in [0.5, 0.6) is 0 Å². The van der Waals surface area contributed by atoms with Crippen LogP contribution in [0.2, 0.25) is 0 Å². The van der Waals surface area contributed by atoms with E-state index in [4.69, 9.17) is 4.74 Å². The van der Waals surface area contributed by atoms with Crippen LogP contribution in [0.1, 0.15) is 19.4 Å². The topological polar surface area (TPSA) is 67.4 Å². The van der Waals surface area contributed by atoms with E-state index >= 15 is 0 Å². The van der Waals surface area contributed by atoms with Crippen LogP contribution in [0.25, 0.3) is 0 Å². The van der Waals surface area contributed by atoms with Gasteiger partial charge in [-0.15, -0.1) is 6.58 Å². The van der Waals surface area contributed by atoms with Gasteiger partial charge in [0.25, 0.3) is 0 Å². The monoisotopic (exact) mass is 290 g/mol. The summed E-state index contributed by atoms with van der Waals surface area (Å²) in [5, 5.41) is 5.25. The molecule has 5 nitrogen and oxygen atoms in total. The van der Waals surface area contributed by atoms with Crippen molar-refractivity contribution in [1.29, 1.82) is 0 Å². The Hall–Kier alpha value is -2.30. The first-order valence-corrected chi connectivity index (χ1v) is 6.90. The predicted octanol–water partition coefficient (Wildman–Crippen LogP) is 2.24. The van der Waals surface area contributed by atoms with Gasteiger partial charge in [0.2, 0.25) is 5.91 Å². The zero-order valence-electron chi connectivity index (χ0n) is 12.5. The Kier molecular flexibility index (Phi) is 7.01. The first kappa shape index (κ1) is 16.8. The van der Waals surface area contributed by atoms with Crippen LogP contribution in [0, 0.1) is 5.92 Å². The van der Waals surface area contributed by atoms with Crippen molar-refractivity contribution < 1.29 is 14.3 Å². The summed E-state index contributed by atoms with van der Waals surface area (Å²) in [6.45, 7) is 7.78. The Morgan fingerprint density at radius 3 is 2.52 bits per heavy atom. The lowest BCUT2D eigenvalue weighted by Gasteiger charge is -2.21. The summed E-state index contributed by atoms with van der Waals surface area (Å²) in [4.78, 5) is 23.7. The van der Waals surface area contributed by atoms with Gasteiger partial charge < -0.3 is 15.4 Å². The predicted molar refractivity (Wildman–Crippen MR) is 81.6 cm³/mol. The highest BCUT2D eigenvalue weighted by molar-refractivity contribution is 5.85. The molecular weight excluding hydrogens is 268 g/mol. The fourth-order valence-electron chi connectivity index (χ4n) is 1.71. The number of hydrogen-bond donors (Lipinski definition) is 2. The van der Waals surface area contributed by atoms with E-state index < -0.39 is 12.1 Å². The molecule has 0 aromatic heterocycles. The van der Waals surface area contributed by atoms with Gasteiger partial charge in [-0.3, -0.25) is 4.79 Å². The van der Waals surface area contributed by atoms with E-state index in [9.17, 15) is 9.59 Å². The molecule has 1 rings (SSSR count).